The summed E-state index contributed by atoms with van der Waals surface area (Å²) < 4.78 is 0. The molecule has 1 atom stereocenters. The van der Waals surface area contributed by atoms with Crippen LogP contribution in [0.4, 0.5) is 0 Å². The molecule has 25 heavy (non-hydrogen) atoms. The molecule has 0 bridgehead atoms. The number of rotatable bonds is 5. The topological polar surface area (TPSA) is 49.4 Å². The Morgan fingerprint density at radius 2 is 1.88 bits per heavy atom. The van der Waals surface area contributed by atoms with Crippen LogP contribution in [0.5, 0.6) is 0 Å². The van der Waals surface area contributed by atoms with E-state index in [1.165, 1.54) is 5.56 Å². The minimum atomic E-state index is -0.539. The molecular formula is C21H24N2O2. The molecule has 0 saturated heterocycles. The second-order valence-electron chi connectivity index (χ2n) is 6.57. The van der Waals surface area contributed by atoms with Crippen LogP contribution >= 0.6 is 0 Å². The lowest BCUT2D eigenvalue weighted by atomic mass is 9.91. The highest BCUT2D eigenvalue weighted by atomic mass is 16.2. The van der Waals surface area contributed by atoms with Crippen molar-refractivity contribution in [1.29, 1.82) is 0 Å². The lowest BCUT2D eigenvalue weighted by Crippen LogP contribution is -2.47. The summed E-state index contributed by atoms with van der Waals surface area (Å²) in [6.45, 7) is 5.12. The first kappa shape index (κ1) is 17.2. The molecule has 1 aliphatic heterocycles. The normalized spacial score (nSPS) is 16.5. The molecule has 1 aliphatic rings. The molecule has 1 heterocycles. The smallest absolute Gasteiger partial charge is 0.247 e. The van der Waals surface area contributed by atoms with Gasteiger partial charge in [0.25, 0.3) is 0 Å². The SMILES string of the molecule is CCCN1C(=O)Cc2ccccc2C1C(=O)NCc1ccc(C)cc1. The van der Waals surface area contributed by atoms with Gasteiger partial charge in [0, 0.05) is 13.1 Å². The van der Waals surface area contributed by atoms with Crippen LogP contribution in [-0.2, 0) is 22.6 Å². The highest BCUT2D eigenvalue weighted by Crippen LogP contribution is 2.30. The van der Waals surface area contributed by atoms with Crippen LogP contribution < -0.4 is 5.32 Å². The van der Waals surface area contributed by atoms with Gasteiger partial charge in [0.05, 0.1) is 6.42 Å². The van der Waals surface area contributed by atoms with E-state index in [0.717, 1.165) is 23.1 Å². The van der Waals surface area contributed by atoms with Gasteiger partial charge in [0.15, 0.2) is 0 Å². The third-order valence-electron chi connectivity index (χ3n) is 4.62. The van der Waals surface area contributed by atoms with Crippen molar-refractivity contribution in [2.45, 2.75) is 39.3 Å². The molecule has 2 amide bonds. The first-order valence-corrected chi connectivity index (χ1v) is 8.80. The van der Waals surface area contributed by atoms with Gasteiger partial charge >= 0.3 is 0 Å². The van der Waals surface area contributed by atoms with Gasteiger partial charge in [-0.3, -0.25) is 9.59 Å². The molecule has 0 radical (unpaired) electrons. The van der Waals surface area contributed by atoms with E-state index in [1.54, 1.807) is 4.90 Å². The lowest BCUT2D eigenvalue weighted by molar-refractivity contribution is -0.141. The summed E-state index contributed by atoms with van der Waals surface area (Å²) in [6.07, 6.45) is 1.20. The fraction of sp³-hybridized carbons (Fsp3) is 0.333. The van der Waals surface area contributed by atoms with E-state index in [0.29, 0.717) is 19.5 Å². The maximum atomic E-state index is 12.9. The van der Waals surface area contributed by atoms with Crippen LogP contribution in [0.1, 0.15) is 41.6 Å². The number of carbonyl (C=O) groups excluding carboxylic acids is 2. The number of aryl methyl sites for hydroxylation is 1. The molecule has 0 aromatic heterocycles. The number of amides is 2. The first-order chi connectivity index (χ1) is 12.1. The van der Waals surface area contributed by atoms with Crippen LogP contribution in [0.25, 0.3) is 0 Å². The fourth-order valence-corrected chi connectivity index (χ4v) is 3.31. The Kier molecular flexibility index (Phi) is 5.17. The zero-order chi connectivity index (χ0) is 17.8. The second-order valence-corrected chi connectivity index (χ2v) is 6.57. The Hall–Kier alpha value is -2.62. The van der Waals surface area contributed by atoms with Crippen LogP contribution in [0.15, 0.2) is 48.5 Å². The Morgan fingerprint density at radius 1 is 1.16 bits per heavy atom. The summed E-state index contributed by atoms with van der Waals surface area (Å²) in [5.74, 6) is -0.0921. The molecule has 0 saturated carbocycles. The zero-order valence-electron chi connectivity index (χ0n) is 14.8. The zero-order valence-corrected chi connectivity index (χ0v) is 14.8. The van der Waals surface area contributed by atoms with Gasteiger partial charge in [-0.25, -0.2) is 0 Å². The Labute approximate surface area is 148 Å². The Balaban J connectivity index is 1.82. The quantitative estimate of drug-likeness (QED) is 0.912. The summed E-state index contributed by atoms with van der Waals surface area (Å²) in [4.78, 5) is 27.2. The van der Waals surface area contributed by atoms with Crippen molar-refractivity contribution in [1.82, 2.24) is 10.2 Å². The van der Waals surface area contributed by atoms with Gasteiger partial charge < -0.3 is 10.2 Å². The molecule has 1 N–H and O–H groups in total. The standard InChI is InChI=1S/C21H24N2O2/c1-3-12-23-19(24)13-17-6-4-5-7-18(17)20(23)21(25)22-14-16-10-8-15(2)9-11-16/h4-11,20H,3,12-14H2,1-2H3,(H,22,25). The van der Waals surface area contributed by atoms with E-state index in [1.807, 2.05) is 62.4 Å². The molecular weight excluding hydrogens is 312 g/mol. The minimum absolute atomic E-state index is 0.0241. The van der Waals surface area contributed by atoms with E-state index in [-0.39, 0.29) is 11.8 Å². The van der Waals surface area contributed by atoms with Crippen LogP contribution in [0.3, 0.4) is 0 Å². The molecule has 0 aliphatic carbocycles. The summed E-state index contributed by atoms with van der Waals surface area (Å²) in [6, 6.07) is 15.3. The predicted molar refractivity (Wildman–Crippen MR) is 97.9 cm³/mol. The second kappa shape index (κ2) is 7.51. The molecule has 2 aromatic carbocycles. The monoisotopic (exact) mass is 336 g/mol. The molecule has 1 unspecified atom stereocenters. The van der Waals surface area contributed by atoms with Crippen molar-refractivity contribution in [3.8, 4) is 0 Å². The number of nitrogens with one attached hydrogen (secondary N) is 1. The van der Waals surface area contributed by atoms with E-state index >= 15 is 0 Å². The number of benzene rings is 2. The average Bonchev–Trinajstić information content (AvgIpc) is 2.62. The highest BCUT2D eigenvalue weighted by Gasteiger charge is 2.36. The molecule has 0 spiro atoms. The summed E-state index contributed by atoms with van der Waals surface area (Å²) in [5.41, 5.74) is 4.14. The van der Waals surface area contributed by atoms with E-state index in [9.17, 15) is 9.59 Å². The van der Waals surface area contributed by atoms with Crippen LogP contribution in [0.2, 0.25) is 0 Å². The number of hydrogen-bond donors (Lipinski definition) is 1. The van der Waals surface area contributed by atoms with Gasteiger partial charge in [-0.05, 0) is 30.0 Å². The highest BCUT2D eigenvalue weighted by molar-refractivity contribution is 5.92. The van der Waals surface area contributed by atoms with Gasteiger partial charge in [-0.1, -0.05) is 61.0 Å². The van der Waals surface area contributed by atoms with Crippen LogP contribution in [0, 0.1) is 6.92 Å². The maximum Gasteiger partial charge on any atom is 0.247 e. The first-order valence-electron chi connectivity index (χ1n) is 8.80. The predicted octanol–water partition coefficient (Wildman–Crippen LogP) is 3.15. The van der Waals surface area contributed by atoms with Crippen molar-refractivity contribution in [3.63, 3.8) is 0 Å². The minimum Gasteiger partial charge on any atom is -0.350 e. The number of carbonyl (C=O) groups is 2. The summed E-state index contributed by atoms with van der Waals surface area (Å²) in [5, 5.41) is 3.01. The van der Waals surface area contributed by atoms with Crippen molar-refractivity contribution in [3.05, 3.63) is 70.8 Å². The van der Waals surface area contributed by atoms with Crippen molar-refractivity contribution >= 4 is 11.8 Å². The summed E-state index contributed by atoms with van der Waals surface area (Å²) >= 11 is 0. The lowest BCUT2D eigenvalue weighted by Gasteiger charge is -2.36. The van der Waals surface area contributed by atoms with Gasteiger partial charge in [-0.2, -0.15) is 0 Å². The van der Waals surface area contributed by atoms with E-state index in [4.69, 9.17) is 0 Å². The number of nitrogens with zero attached hydrogens (tertiary/aromatic N) is 1. The third-order valence-corrected chi connectivity index (χ3v) is 4.62. The molecule has 130 valence electrons. The van der Waals surface area contributed by atoms with Gasteiger partial charge in [0.2, 0.25) is 11.8 Å². The number of fused-ring (bicyclic) bond motifs is 1. The van der Waals surface area contributed by atoms with Crippen molar-refractivity contribution < 1.29 is 9.59 Å². The van der Waals surface area contributed by atoms with Crippen molar-refractivity contribution in [2.24, 2.45) is 0 Å². The third kappa shape index (κ3) is 3.73. The molecule has 4 heteroatoms. The molecule has 4 nitrogen and oxygen atoms in total. The summed E-state index contributed by atoms with van der Waals surface area (Å²) in [7, 11) is 0. The Bertz CT molecular complexity index is 768. The largest absolute Gasteiger partial charge is 0.350 e. The Morgan fingerprint density at radius 3 is 2.60 bits per heavy atom. The fourth-order valence-electron chi connectivity index (χ4n) is 3.31. The molecule has 0 fully saturated rings. The van der Waals surface area contributed by atoms with Crippen LogP contribution in [-0.4, -0.2) is 23.3 Å². The molecule has 2 aromatic rings. The van der Waals surface area contributed by atoms with E-state index in [2.05, 4.69) is 5.32 Å². The van der Waals surface area contributed by atoms with Gasteiger partial charge in [-0.15, -0.1) is 0 Å². The van der Waals surface area contributed by atoms with E-state index < -0.39 is 6.04 Å². The van der Waals surface area contributed by atoms with Crippen molar-refractivity contribution in [2.75, 3.05) is 6.54 Å². The van der Waals surface area contributed by atoms with Gasteiger partial charge in [0.1, 0.15) is 6.04 Å². The average molecular weight is 336 g/mol. The maximum absolute atomic E-state index is 12.9. The molecule has 3 rings (SSSR count). The number of hydrogen-bond acceptors (Lipinski definition) is 2.